The Morgan fingerprint density at radius 3 is 3.06 bits per heavy atom. The molecule has 0 saturated carbocycles. The van der Waals surface area contributed by atoms with Crippen molar-refractivity contribution >= 4 is 0 Å². The van der Waals surface area contributed by atoms with Crippen LogP contribution < -0.4 is 5.73 Å². The highest BCUT2D eigenvalue weighted by Crippen LogP contribution is 2.21. The number of hydrogen-bond donors (Lipinski definition) is 1. The van der Waals surface area contributed by atoms with Gasteiger partial charge in [-0.25, -0.2) is 0 Å². The third-order valence-electron chi connectivity index (χ3n) is 3.26. The Morgan fingerprint density at radius 2 is 2.33 bits per heavy atom. The molecule has 1 aliphatic rings. The van der Waals surface area contributed by atoms with Gasteiger partial charge in [0.15, 0.2) is 0 Å². The second-order valence-corrected chi connectivity index (χ2v) is 4.64. The molecule has 6 nitrogen and oxygen atoms in total. The van der Waals surface area contributed by atoms with Gasteiger partial charge in [-0.15, -0.1) is 0 Å². The molecule has 1 unspecified atom stereocenters. The van der Waals surface area contributed by atoms with Crippen molar-refractivity contribution in [1.82, 2.24) is 15.0 Å². The van der Waals surface area contributed by atoms with Crippen LogP contribution in [-0.4, -0.2) is 41.3 Å². The highest BCUT2D eigenvalue weighted by atomic mass is 16.5. The Bertz CT molecular complexity index is 369. The molecule has 0 aliphatic carbocycles. The van der Waals surface area contributed by atoms with Crippen LogP contribution in [0.2, 0.25) is 0 Å². The molecule has 0 radical (unpaired) electrons. The van der Waals surface area contributed by atoms with Gasteiger partial charge < -0.3 is 15.0 Å². The molecule has 1 aliphatic heterocycles. The minimum absolute atomic E-state index is 0.0926. The van der Waals surface area contributed by atoms with Gasteiger partial charge in [-0.2, -0.15) is 4.98 Å². The third-order valence-corrected chi connectivity index (χ3v) is 3.26. The zero-order valence-electron chi connectivity index (χ0n) is 11.1. The number of nitrogens with zero attached hydrogens (tertiary/aromatic N) is 3. The third kappa shape index (κ3) is 3.07. The summed E-state index contributed by atoms with van der Waals surface area (Å²) in [5.41, 5.74) is 5.95. The Kier molecular flexibility index (Phi) is 4.68. The van der Waals surface area contributed by atoms with Gasteiger partial charge >= 0.3 is 0 Å². The lowest BCUT2D eigenvalue weighted by molar-refractivity contribution is -0.0334. The van der Waals surface area contributed by atoms with Crippen molar-refractivity contribution in [2.45, 2.75) is 38.8 Å². The van der Waals surface area contributed by atoms with Crippen LogP contribution in [0.25, 0.3) is 0 Å². The van der Waals surface area contributed by atoms with E-state index in [0.717, 1.165) is 32.5 Å². The van der Waals surface area contributed by atoms with Crippen LogP contribution in [0.5, 0.6) is 0 Å². The summed E-state index contributed by atoms with van der Waals surface area (Å²) in [7, 11) is 0. The Labute approximate surface area is 107 Å². The quantitative estimate of drug-likeness (QED) is 0.852. The van der Waals surface area contributed by atoms with Crippen molar-refractivity contribution in [2.24, 2.45) is 5.73 Å². The molecule has 2 atom stereocenters. The molecule has 1 saturated heterocycles. The molecule has 0 bridgehead atoms. The number of aromatic nitrogens is 2. The number of nitrogens with two attached hydrogens (primary N) is 1. The van der Waals surface area contributed by atoms with Gasteiger partial charge in [0.2, 0.25) is 11.7 Å². The zero-order valence-corrected chi connectivity index (χ0v) is 11.1. The molecule has 1 aromatic rings. The standard InChI is InChI=1S/C12H22N4O2/c1-3-5-9(13)12-14-11(15-18-12)10-8-16(4-2)6-7-17-10/h9-10H,3-8,13H2,1-2H3/t9-,10?/m1/s1. The first-order valence-electron chi connectivity index (χ1n) is 6.67. The summed E-state index contributed by atoms with van der Waals surface area (Å²) in [4.78, 5) is 6.68. The largest absolute Gasteiger partial charge is 0.367 e. The molecule has 102 valence electrons. The van der Waals surface area contributed by atoms with Crippen LogP contribution in [0.15, 0.2) is 4.52 Å². The lowest BCUT2D eigenvalue weighted by Gasteiger charge is -2.30. The molecule has 1 aromatic heterocycles. The zero-order chi connectivity index (χ0) is 13.0. The molecule has 18 heavy (non-hydrogen) atoms. The summed E-state index contributed by atoms with van der Waals surface area (Å²) in [6, 6.07) is -0.165. The molecule has 2 N–H and O–H groups in total. The van der Waals surface area contributed by atoms with E-state index in [2.05, 4.69) is 28.9 Å². The van der Waals surface area contributed by atoms with E-state index in [-0.39, 0.29) is 12.1 Å². The minimum Gasteiger partial charge on any atom is -0.367 e. The number of hydrogen-bond acceptors (Lipinski definition) is 6. The number of ether oxygens (including phenoxy) is 1. The SMILES string of the molecule is CCC[C@@H](N)c1nc(C2CN(CC)CCO2)no1. The summed E-state index contributed by atoms with van der Waals surface area (Å²) in [6.07, 6.45) is 1.77. The molecule has 0 aromatic carbocycles. The normalized spacial score (nSPS) is 23.2. The van der Waals surface area contributed by atoms with E-state index in [9.17, 15) is 0 Å². The van der Waals surface area contributed by atoms with Crippen LogP contribution in [0.1, 0.15) is 50.6 Å². The van der Waals surface area contributed by atoms with Gasteiger partial charge in [-0.1, -0.05) is 25.4 Å². The summed E-state index contributed by atoms with van der Waals surface area (Å²) in [6.45, 7) is 7.73. The first kappa shape index (κ1) is 13.5. The molecule has 2 rings (SSSR count). The van der Waals surface area contributed by atoms with Crippen molar-refractivity contribution in [3.8, 4) is 0 Å². The maximum atomic E-state index is 5.95. The average molecular weight is 254 g/mol. The predicted octanol–water partition coefficient (Wildman–Crippen LogP) is 1.26. The molecule has 2 heterocycles. The van der Waals surface area contributed by atoms with Gasteiger partial charge in [0.05, 0.1) is 12.6 Å². The van der Waals surface area contributed by atoms with E-state index in [1.807, 2.05) is 0 Å². The van der Waals surface area contributed by atoms with E-state index < -0.39 is 0 Å². The molecule has 6 heteroatoms. The summed E-state index contributed by atoms with van der Waals surface area (Å²) >= 11 is 0. The molecule has 1 fully saturated rings. The predicted molar refractivity (Wildman–Crippen MR) is 66.9 cm³/mol. The smallest absolute Gasteiger partial charge is 0.243 e. The summed E-state index contributed by atoms with van der Waals surface area (Å²) in [5, 5.41) is 3.99. The average Bonchev–Trinajstić information content (AvgIpc) is 2.89. The van der Waals surface area contributed by atoms with Crippen molar-refractivity contribution in [3.05, 3.63) is 11.7 Å². The van der Waals surface area contributed by atoms with Crippen molar-refractivity contribution < 1.29 is 9.26 Å². The number of rotatable bonds is 5. The van der Waals surface area contributed by atoms with Crippen LogP contribution >= 0.6 is 0 Å². The van der Waals surface area contributed by atoms with E-state index in [1.54, 1.807) is 0 Å². The van der Waals surface area contributed by atoms with Gasteiger partial charge in [-0.3, -0.25) is 4.90 Å². The van der Waals surface area contributed by atoms with Crippen LogP contribution in [0, 0.1) is 0 Å². The van der Waals surface area contributed by atoms with Gasteiger partial charge in [0.1, 0.15) is 6.10 Å². The van der Waals surface area contributed by atoms with Crippen LogP contribution in [-0.2, 0) is 4.74 Å². The van der Waals surface area contributed by atoms with Gasteiger partial charge in [-0.05, 0) is 13.0 Å². The van der Waals surface area contributed by atoms with Crippen molar-refractivity contribution in [1.29, 1.82) is 0 Å². The van der Waals surface area contributed by atoms with Crippen molar-refractivity contribution in [3.63, 3.8) is 0 Å². The van der Waals surface area contributed by atoms with E-state index in [1.165, 1.54) is 0 Å². The Morgan fingerprint density at radius 1 is 1.50 bits per heavy atom. The van der Waals surface area contributed by atoms with Crippen LogP contribution in [0.4, 0.5) is 0 Å². The highest BCUT2D eigenvalue weighted by molar-refractivity contribution is 4.97. The fourth-order valence-corrected chi connectivity index (χ4v) is 2.11. The monoisotopic (exact) mass is 254 g/mol. The fraction of sp³-hybridized carbons (Fsp3) is 0.833. The number of morpholine rings is 1. The summed E-state index contributed by atoms with van der Waals surface area (Å²) in [5.74, 6) is 1.14. The fourth-order valence-electron chi connectivity index (χ4n) is 2.11. The minimum atomic E-state index is -0.165. The molecule has 0 amide bonds. The lowest BCUT2D eigenvalue weighted by Crippen LogP contribution is -2.38. The number of likely N-dealkylation sites (N-methyl/N-ethyl adjacent to an activating group) is 1. The molecular formula is C12H22N4O2. The second kappa shape index (κ2) is 6.26. The molecular weight excluding hydrogens is 232 g/mol. The van der Waals surface area contributed by atoms with Crippen molar-refractivity contribution in [2.75, 3.05) is 26.2 Å². The van der Waals surface area contributed by atoms with Gasteiger partial charge in [0.25, 0.3) is 0 Å². The second-order valence-electron chi connectivity index (χ2n) is 4.64. The lowest BCUT2D eigenvalue weighted by atomic mass is 10.2. The first-order valence-corrected chi connectivity index (χ1v) is 6.67. The Hall–Kier alpha value is -0.980. The van der Waals surface area contributed by atoms with E-state index in [4.69, 9.17) is 15.0 Å². The maximum Gasteiger partial charge on any atom is 0.243 e. The Balaban J connectivity index is 2.00. The van der Waals surface area contributed by atoms with Crippen LogP contribution in [0.3, 0.4) is 0 Å². The maximum absolute atomic E-state index is 5.95. The van der Waals surface area contributed by atoms with Gasteiger partial charge in [0, 0.05) is 13.1 Å². The topological polar surface area (TPSA) is 77.4 Å². The summed E-state index contributed by atoms with van der Waals surface area (Å²) < 4.78 is 10.9. The molecule has 0 spiro atoms. The first-order chi connectivity index (χ1) is 8.74. The van der Waals surface area contributed by atoms with E-state index in [0.29, 0.717) is 18.3 Å². The van der Waals surface area contributed by atoms with E-state index >= 15 is 0 Å². The highest BCUT2D eigenvalue weighted by Gasteiger charge is 2.26.